The second-order valence-corrected chi connectivity index (χ2v) is 6.03. The molecule has 0 N–H and O–H groups in total. The Morgan fingerprint density at radius 3 is 2.25 bits per heavy atom. The van der Waals surface area contributed by atoms with Gasteiger partial charge in [-0.2, -0.15) is 0 Å². The van der Waals surface area contributed by atoms with Crippen LogP contribution in [0.4, 0.5) is 0 Å². The molecule has 0 aliphatic carbocycles. The zero-order valence-corrected chi connectivity index (χ0v) is 14.2. The van der Waals surface area contributed by atoms with E-state index in [0.29, 0.717) is 5.56 Å². The normalized spacial score (nSPS) is 10.8. The maximum atomic E-state index is 11.6. The Kier molecular flexibility index (Phi) is 4.95. The van der Waals surface area contributed by atoms with Crippen LogP contribution in [0.2, 0.25) is 0 Å². The van der Waals surface area contributed by atoms with Crippen LogP contribution in [0.1, 0.15) is 35.7 Å². The number of carbonyl (C=O) groups is 1. The molecule has 0 radical (unpaired) electrons. The van der Waals surface area contributed by atoms with Gasteiger partial charge in [0, 0.05) is 0 Å². The molecule has 0 heterocycles. The average molecular weight is 318 g/mol. The van der Waals surface area contributed by atoms with Gasteiger partial charge in [-0.15, -0.1) is 0 Å². The Hall–Kier alpha value is -2.61. The molecule has 0 aromatic heterocycles. The summed E-state index contributed by atoms with van der Waals surface area (Å²) in [4.78, 5) is 11.6. The van der Waals surface area contributed by atoms with Crippen LogP contribution in [0.15, 0.2) is 60.7 Å². The zero-order valence-electron chi connectivity index (χ0n) is 14.2. The molecule has 0 amide bonds. The first-order chi connectivity index (χ1) is 11.7. The maximum Gasteiger partial charge on any atom is 0.337 e. The highest BCUT2D eigenvalue weighted by Gasteiger charge is 2.09. The van der Waals surface area contributed by atoms with Crippen molar-refractivity contribution in [2.45, 2.75) is 26.2 Å². The molecule has 24 heavy (non-hydrogen) atoms. The summed E-state index contributed by atoms with van der Waals surface area (Å²) in [5, 5.41) is 2.52. The van der Waals surface area contributed by atoms with Gasteiger partial charge in [-0.25, -0.2) is 4.79 Å². The molecule has 0 saturated carbocycles. The van der Waals surface area contributed by atoms with Crippen LogP contribution in [0, 0.1) is 0 Å². The van der Waals surface area contributed by atoms with Crippen LogP contribution in [0.3, 0.4) is 0 Å². The van der Waals surface area contributed by atoms with Crippen molar-refractivity contribution < 1.29 is 9.53 Å². The van der Waals surface area contributed by atoms with Gasteiger partial charge in [-0.1, -0.05) is 55.8 Å². The van der Waals surface area contributed by atoms with E-state index in [9.17, 15) is 4.79 Å². The summed E-state index contributed by atoms with van der Waals surface area (Å²) in [6, 6.07) is 20.7. The Balaban J connectivity index is 2.07. The second-order valence-electron chi connectivity index (χ2n) is 6.03. The smallest absolute Gasteiger partial charge is 0.337 e. The lowest BCUT2D eigenvalue weighted by atomic mass is 9.92. The van der Waals surface area contributed by atoms with Crippen LogP contribution in [-0.2, 0) is 11.2 Å². The van der Waals surface area contributed by atoms with Gasteiger partial charge in [0.25, 0.3) is 0 Å². The van der Waals surface area contributed by atoms with Crippen LogP contribution < -0.4 is 0 Å². The minimum atomic E-state index is -0.300. The predicted octanol–water partition coefficient (Wildman–Crippen LogP) is 5.64. The third kappa shape index (κ3) is 3.33. The Labute approximate surface area is 143 Å². The summed E-state index contributed by atoms with van der Waals surface area (Å²) in [7, 11) is 1.41. The summed E-state index contributed by atoms with van der Waals surface area (Å²) < 4.78 is 4.78. The first-order valence-electron chi connectivity index (χ1n) is 8.43. The van der Waals surface area contributed by atoms with E-state index in [-0.39, 0.29) is 5.97 Å². The zero-order chi connectivity index (χ0) is 16.9. The van der Waals surface area contributed by atoms with Gasteiger partial charge in [-0.05, 0) is 58.5 Å². The number of ether oxygens (including phenoxy) is 1. The van der Waals surface area contributed by atoms with Crippen molar-refractivity contribution in [3.63, 3.8) is 0 Å². The number of aryl methyl sites for hydroxylation is 1. The van der Waals surface area contributed by atoms with E-state index in [1.807, 2.05) is 24.3 Å². The molecule has 0 bridgehead atoms. The molecule has 2 nitrogen and oxygen atoms in total. The van der Waals surface area contributed by atoms with Crippen molar-refractivity contribution in [3.8, 4) is 11.1 Å². The van der Waals surface area contributed by atoms with Gasteiger partial charge >= 0.3 is 5.97 Å². The highest BCUT2D eigenvalue weighted by molar-refractivity contribution is 5.92. The SMILES string of the molecule is CCCCc1cc2ccccc2cc1-c1ccc(C(=O)OC)cc1. The molecule has 0 spiro atoms. The van der Waals surface area contributed by atoms with E-state index >= 15 is 0 Å². The van der Waals surface area contributed by atoms with Gasteiger partial charge in [0.1, 0.15) is 0 Å². The van der Waals surface area contributed by atoms with Crippen LogP contribution in [-0.4, -0.2) is 13.1 Å². The molecule has 122 valence electrons. The van der Waals surface area contributed by atoms with Gasteiger partial charge in [0.2, 0.25) is 0 Å². The molecule has 3 aromatic rings. The maximum absolute atomic E-state index is 11.6. The topological polar surface area (TPSA) is 26.3 Å². The number of hydrogen-bond donors (Lipinski definition) is 0. The summed E-state index contributed by atoms with van der Waals surface area (Å²) in [6.45, 7) is 2.21. The summed E-state index contributed by atoms with van der Waals surface area (Å²) in [6.07, 6.45) is 3.41. The monoisotopic (exact) mass is 318 g/mol. The lowest BCUT2D eigenvalue weighted by molar-refractivity contribution is 0.0601. The van der Waals surface area contributed by atoms with Crippen LogP contribution in [0.25, 0.3) is 21.9 Å². The van der Waals surface area contributed by atoms with E-state index in [1.165, 1.54) is 41.9 Å². The van der Waals surface area contributed by atoms with E-state index in [0.717, 1.165) is 12.0 Å². The number of carbonyl (C=O) groups excluding carboxylic acids is 1. The lowest BCUT2D eigenvalue weighted by Gasteiger charge is -2.12. The van der Waals surface area contributed by atoms with Crippen LogP contribution >= 0.6 is 0 Å². The third-order valence-corrected chi connectivity index (χ3v) is 4.39. The number of fused-ring (bicyclic) bond motifs is 1. The van der Waals surface area contributed by atoms with Gasteiger partial charge in [0.15, 0.2) is 0 Å². The lowest BCUT2D eigenvalue weighted by Crippen LogP contribution is -2.00. The number of hydrogen-bond acceptors (Lipinski definition) is 2. The Bertz CT molecular complexity index is 847. The summed E-state index contributed by atoms with van der Waals surface area (Å²) >= 11 is 0. The van der Waals surface area contributed by atoms with Crippen molar-refractivity contribution >= 4 is 16.7 Å². The molecule has 2 heteroatoms. The molecule has 0 aliphatic rings. The first kappa shape index (κ1) is 16.3. The highest BCUT2D eigenvalue weighted by Crippen LogP contribution is 2.30. The molecule has 0 atom stereocenters. The molecular weight excluding hydrogens is 296 g/mol. The van der Waals surface area contributed by atoms with Crippen molar-refractivity contribution in [2.24, 2.45) is 0 Å². The second kappa shape index (κ2) is 7.31. The van der Waals surface area contributed by atoms with Crippen LogP contribution in [0.5, 0.6) is 0 Å². The van der Waals surface area contributed by atoms with Crippen molar-refractivity contribution in [1.29, 1.82) is 0 Å². The largest absolute Gasteiger partial charge is 0.465 e. The molecule has 3 aromatic carbocycles. The van der Waals surface area contributed by atoms with E-state index in [1.54, 1.807) is 0 Å². The number of unbranched alkanes of at least 4 members (excludes halogenated alkanes) is 1. The molecule has 0 fully saturated rings. The quantitative estimate of drug-likeness (QED) is 0.569. The molecule has 0 unspecified atom stereocenters. The van der Waals surface area contributed by atoms with E-state index in [2.05, 4.69) is 43.3 Å². The number of rotatable bonds is 5. The number of esters is 1. The van der Waals surface area contributed by atoms with Crippen molar-refractivity contribution in [2.75, 3.05) is 7.11 Å². The van der Waals surface area contributed by atoms with Gasteiger partial charge in [-0.3, -0.25) is 0 Å². The fourth-order valence-corrected chi connectivity index (χ4v) is 3.03. The molecule has 0 saturated heterocycles. The third-order valence-electron chi connectivity index (χ3n) is 4.39. The van der Waals surface area contributed by atoms with Gasteiger partial charge in [0.05, 0.1) is 12.7 Å². The summed E-state index contributed by atoms with van der Waals surface area (Å²) in [5.41, 5.74) is 4.33. The predicted molar refractivity (Wildman–Crippen MR) is 99.3 cm³/mol. The Morgan fingerprint density at radius 2 is 1.62 bits per heavy atom. The number of methoxy groups -OCH3 is 1. The van der Waals surface area contributed by atoms with Gasteiger partial charge < -0.3 is 4.74 Å². The highest BCUT2D eigenvalue weighted by atomic mass is 16.5. The van der Waals surface area contributed by atoms with Crippen molar-refractivity contribution in [3.05, 3.63) is 71.8 Å². The number of benzene rings is 3. The molecule has 3 rings (SSSR count). The fraction of sp³-hybridized carbons (Fsp3) is 0.227. The first-order valence-corrected chi connectivity index (χ1v) is 8.43. The Morgan fingerprint density at radius 1 is 0.958 bits per heavy atom. The van der Waals surface area contributed by atoms with Crippen molar-refractivity contribution in [1.82, 2.24) is 0 Å². The minimum Gasteiger partial charge on any atom is -0.465 e. The molecule has 0 aliphatic heterocycles. The molecular formula is C22H22O2. The minimum absolute atomic E-state index is 0.300. The van der Waals surface area contributed by atoms with E-state index < -0.39 is 0 Å². The van der Waals surface area contributed by atoms with E-state index in [4.69, 9.17) is 4.74 Å². The standard InChI is InChI=1S/C22H22O2/c1-3-4-7-20-14-18-8-5-6-9-19(18)15-21(20)16-10-12-17(13-11-16)22(23)24-2/h5-6,8-15H,3-4,7H2,1-2H3. The average Bonchev–Trinajstić information content (AvgIpc) is 2.65. The fourth-order valence-electron chi connectivity index (χ4n) is 3.03. The summed E-state index contributed by atoms with van der Waals surface area (Å²) in [5.74, 6) is -0.300.